The molecule has 0 saturated carbocycles. The number of ether oxygens (including phenoxy) is 3. The van der Waals surface area contributed by atoms with Crippen molar-refractivity contribution in [1.29, 1.82) is 0 Å². The molecule has 0 amide bonds. The van der Waals surface area contributed by atoms with Crippen LogP contribution in [-0.4, -0.2) is 32.7 Å². The maximum Gasteiger partial charge on any atom is 0.161 e. The molecule has 1 aromatic rings. The number of benzene rings is 1. The summed E-state index contributed by atoms with van der Waals surface area (Å²) in [6.07, 6.45) is 2.88. The van der Waals surface area contributed by atoms with Crippen molar-refractivity contribution in [2.75, 3.05) is 26.9 Å². The number of methoxy groups -OCH3 is 1. The fourth-order valence-electron chi connectivity index (χ4n) is 1.67. The zero-order valence-corrected chi connectivity index (χ0v) is 12.6. The van der Waals surface area contributed by atoms with Crippen molar-refractivity contribution in [2.24, 2.45) is 0 Å². The Morgan fingerprint density at radius 2 is 1.75 bits per heavy atom. The second kappa shape index (κ2) is 9.37. The maximum absolute atomic E-state index is 11.4. The highest BCUT2D eigenvalue weighted by Gasteiger charge is 2.09. The van der Waals surface area contributed by atoms with Crippen LogP contribution in [0.1, 0.15) is 43.5 Å². The van der Waals surface area contributed by atoms with Crippen LogP contribution in [0.25, 0.3) is 0 Å². The van der Waals surface area contributed by atoms with Gasteiger partial charge in [-0.15, -0.1) is 0 Å². The SMILES string of the molecule is CCCCOc1ccc(C(C)=O)cc1OCCCOC. The summed E-state index contributed by atoms with van der Waals surface area (Å²) in [5, 5.41) is 0. The second-order valence-corrected chi connectivity index (χ2v) is 4.61. The number of unbranched alkanes of at least 4 members (excludes halogenated alkanes) is 1. The lowest BCUT2D eigenvalue weighted by Gasteiger charge is -2.13. The van der Waals surface area contributed by atoms with Crippen LogP contribution in [0.3, 0.4) is 0 Å². The van der Waals surface area contributed by atoms with Crippen LogP contribution < -0.4 is 9.47 Å². The molecule has 1 aromatic carbocycles. The molecule has 0 unspecified atom stereocenters. The minimum Gasteiger partial charge on any atom is -0.490 e. The average molecular weight is 280 g/mol. The van der Waals surface area contributed by atoms with Gasteiger partial charge in [-0.3, -0.25) is 4.79 Å². The molecule has 0 radical (unpaired) electrons. The van der Waals surface area contributed by atoms with E-state index in [1.54, 1.807) is 32.2 Å². The predicted octanol–water partition coefficient (Wildman–Crippen LogP) is 3.48. The van der Waals surface area contributed by atoms with Crippen LogP contribution in [0.4, 0.5) is 0 Å². The lowest BCUT2D eigenvalue weighted by atomic mass is 10.1. The molecular formula is C16H24O4. The summed E-state index contributed by atoms with van der Waals surface area (Å²) >= 11 is 0. The van der Waals surface area contributed by atoms with Crippen molar-refractivity contribution < 1.29 is 19.0 Å². The normalized spacial score (nSPS) is 10.3. The fraction of sp³-hybridized carbons (Fsp3) is 0.562. The zero-order valence-electron chi connectivity index (χ0n) is 12.6. The standard InChI is InChI=1S/C16H24O4/c1-4-5-10-19-15-8-7-14(13(2)17)12-16(15)20-11-6-9-18-3/h7-8,12H,4-6,9-11H2,1-3H3. The lowest BCUT2D eigenvalue weighted by Crippen LogP contribution is -2.05. The summed E-state index contributed by atoms with van der Waals surface area (Å²) in [5.74, 6) is 1.35. The van der Waals surface area contributed by atoms with Crippen molar-refractivity contribution in [1.82, 2.24) is 0 Å². The molecule has 0 heterocycles. The van der Waals surface area contributed by atoms with Gasteiger partial charge in [0.05, 0.1) is 13.2 Å². The number of ketones is 1. The Labute approximate surface area is 121 Å². The lowest BCUT2D eigenvalue weighted by molar-refractivity contribution is 0.101. The van der Waals surface area contributed by atoms with E-state index in [9.17, 15) is 4.79 Å². The van der Waals surface area contributed by atoms with Gasteiger partial charge in [0.1, 0.15) is 0 Å². The van der Waals surface area contributed by atoms with Crippen molar-refractivity contribution >= 4 is 5.78 Å². The van der Waals surface area contributed by atoms with Gasteiger partial charge < -0.3 is 14.2 Å². The Bertz CT molecular complexity index is 415. The molecule has 0 fully saturated rings. The Morgan fingerprint density at radius 3 is 2.40 bits per heavy atom. The molecule has 0 aliphatic carbocycles. The topological polar surface area (TPSA) is 44.8 Å². The minimum absolute atomic E-state index is 0.0202. The van der Waals surface area contributed by atoms with E-state index in [1.807, 2.05) is 0 Å². The van der Waals surface area contributed by atoms with Gasteiger partial charge in [0.25, 0.3) is 0 Å². The number of carbonyl (C=O) groups is 1. The number of hydrogen-bond acceptors (Lipinski definition) is 4. The van der Waals surface area contributed by atoms with E-state index in [0.29, 0.717) is 36.9 Å². The van der Waals surface area contributed by atoms with Crippen LogP contribution in [-0.2, 0) is 4.74 Å². The van der Waals surface area contributed by atoms with Gasteiger partial charge in [0, 0.05) is 25.7 Å². The summed E-state index contributed by atoms with van der Waals surface area (Å²) in [6, 6.07) is 5.32. The number of rotatable bonds is 10. The average Bonchev–Trinajstić information content (AvgIpc) is 2.44. The van der Waals surface area contributed by atoms with Gasteiger partial charge in [-0.2, -0.15) is 0 Å². The fourth-order valence-corrected chi connectivity index (χ4v) is 1.67. The molecule has 4 nitrogen and oxygen atoms in total. The number of hydrogen-bond donors (Lipinski definition) is 0. The maximum atomic E-state index is 11.4. The van der Waals surface area contributed by atoms with Crippen molar-refractivity contribution in [3.05, 3.63) is 23.8 Å². The first-order chi connectivity index (χ1) is 9.69. The Morgan fingerprint density at radius 1 is 1.05 bits per heavy atom. The molecule has 1 rings (SSSR count). The third-order valence-corrected chi connectivity index (χ3v) is 2.86. The molecule has 4 heteroatoms. The Balaban J connectivity index is 2.72. The molecular weight excluding hydrogens is 256 g/mol. The predicted molar refractivity (Wildman–Crippen MR) is 78.8 cm³/mol. The molecule has 0 atom stereocenters. The van der Waals surface area contributed by atoms with E-state index in [2.05, 4.69) is 6.92 Å². The van der Waals surface area contributed by atoms with Crippen LogP contribution >= 0.6 is 0 Å². The smallest absolute Gasteiger partial charge is 0.161 e. The van der Waals surface area contributed by atoms with Crippen LogP contribution in [0.15, 0.2) is 18.2 Å². The van der Waals surface area contributed by atoms with E-state index in [1.165, 1.54) is 0 Å². The molecule has 0 spiro atoms. The first-order valence-electron chi connectivity index (χ1n) is 7.08. The molecule has 0 aliphatic heterocycles. The first-order valence-corrected chi connectivity index (χ1v) is 7.08. The van der Waals surface area contributed by atoms with Gasteiger partial charge in [0.15, 0.2) is 17.3 Å². The van der Waals surface area contributed by atoms with Gasteiger partial charge in [-0.25, -0.2) is 0 Å². The molecule has 0 saturated heterocycles. The van der Waals surface area contributed by atoms with E-state index >= 15 is 0 Å². The number of Topliss-reactive ketones (excluding diaryl/α,β-unsaturated/α-hetero) is 1. The van der Waals surface area contributed by atoms with E-state index in [0.717, 1.165) is 19.3 Å². The minimum atomic E-state index is 0.0202. The Kier molecular flexibility index (Phi) is 7.73. The van der Waals surface area contributed by atoms with E-state index < -0.39 is 0 Å². The molecule has 20 heavy (non-hydrogen) atoms. The zero-order chi connectivity index (χ0) is 14.8. The molecule has 112 valence electrons. The van der Waals surface area contributed by atoms with Gasteiger partial charge in [0.2, 0.25) is 0 Å². The third kappa shape index (κ3) is 5.61. The van der Waals surface area contributed by atoms with Crippen molar-refractivity contribution in [2.45, 2.75) is 33.1 Å². The highest BCUT2D eigenvalue weighted by Crippen LogP contribution is 2.29. The second-order valence-electron chi connectivity index (χ2n) is 4.61. The quantitative estimate of drug-likeness (QED) is 0.486. The van der Waals surface area contributed by atoms with Crippen LogP contribution in [0.2, 0.25) is 0 Å². The van der Waals surface area contributed by atoms with Gasteiger partial charge in [-0.1, -0.05) is 13.3 Å². The largest absolute Gasteiger partial charge is 0.490 e. The number of carbonyl (C=O) groups excluding carboxylic acids is 1. The summed E-state index contributed by atoms with van der Waals surface area (Å²) < 4.78 is 16.4. The molecule has 0 N–H and O–H groups in total. The molecule has 0 aromatic heterocycles. The highest BCUT2D eigenvalue weighted by molar-refractivity contribution is 5.94. The van der Waals surface area contributed by atoms with E-state index in [-0.39, 0.29) is 5.78 Å². The Hall–Kier alpha value is -1.55. The summed E-state index contributed by atoms with van der Waals surface area (Å²) in [5.41, 5.74) is 0.634. The van der Waals surface area contributed by atoms with E-state index in [4.69, 9.17) is 14.2 Å². The highest BCUT2D eigenvalue weighted by atomic mass is 16.5. The van der Waals surface area contributed by atoms with Crippen LogP contribution in [0.5, 0.6) is 11.5 Å². The summed E-state index contributed by atoms with van der Waals surface area (Å²) in [6.45, 7) is 5.51. The summed E-state index contributed by atoms with van der Waals surface area (Å²) in [4.78, 5) is 11.4. The molecule has 0 aliphatic rings. The van der Waals surface area contributed by atoms with Crippen molar-refractivity contribution in [3.8, 4) is 11.5 Å². The third-order valence-electron chi connectivity index (χ3n) is 2.86. The first kappa shape index (κ1) is 16.5. The van der Waals surface area contributed by atoms with Crippen LogP contribution in [0, 0.1) is 0 Å². The monoisotopic (exact) mass is 280 g/mol. The van der Waals surface area contributed by atoms with Gasteiger partial charge >= 0.3 is 0 Å². The van der Waals surface area contributed by atoms with Gasteiger partial charge in [-0.05, 0) is 31.5 Å². The van der Waals surface area contributed by atoms with Crippen molar-refractivity contribution in [3.63, 3.8) is 0 Å². The molecule has 0 bridgehead atoms. The summed E-state index contributed by atoms with van der Waals surface area (Å²) in [7, 11) is 1.66.